The molecular weight excluding hydrogens is 442 g/mol. The van der Waals surface area contributed by atoms with Crippen LogP contribution in [0.25, 0.3) is 22.4 Å². The van der Waals surface area contributed by atoms with Gasteiger partial charge in [0.05, 0.1) is 16.6 Å². The molecule has 8 nitrogen and oxygen atoms in total. The average Bonchev–Trinajstić information content (AvgIpc) is 3.26. The molecule has 8 heteroatoms. The molecular formula is C27H33N5O3. The van der Waals surface area contributed by atoms with E-state index in [1.165, 1.54) is 32.8 Å². The van der Waals surface area contributed by atoms with E-state index in [0.717, 1.165) is 42.3 Å². The highest BCUT2D eigenvalue weighted by Gasteiger charge is 2.34. The number of imidazole rings is 1. The van der Waals surface area contributed by atoms with Crippen LogP contribution in [0.4, 0.5) is 5.69 Å². The van der Waals surface area contributed by atoms with Gasteiger partial charge in [-0.15, -0.1) is 0 Å². The summed E-state index contributed by atoms with van der Waals surface area (Å²) in [7, 11) is 1.48. The number of benzene rings is 1. The summed E-state index contributed by atoms with van der Waals surface area (Å²) in [5.74, 6) is 1.83. The predicted molar refractivity (Wildman–Crippen MR) is 135 cm³/mol. The average molecular weight is 476 g/mol. The van der Waals surface area contributed by atoms with Crippen LogP contribution >= 0.6 is 0 Å². The van der Waals surface area contributed by atoms with E-state index in [1.54, 1.807) is 18.5 Å². The standard InChI is InChI=1S/C27H33N5O3/c1-3-32-25-22(27(34)31-12-10-18-7-4-5-8-20(18)16-31)13-21(29-24(33)17-35-2)14-23(25)30-26(32)19-9-6-11-28-15-19/h6,9,11,13-15,18,20H,3-5,7-8,10,12,16-17H2,1-2H3,(H,29,33)/t18-,20-/m0/s1. The molecule has 1 aliphatic heterocycles. The van der Waals surface area contributed by atoms with Crippen LogP contribution in [0, 0.1) is 11.8 Å². The molecule has 3 heterocycles. The number of carbonyl (C=O) groups is 2. The summed E-state index contributed by atoms with van der Waals surface area (Å²) in [6.45, 7) is 4.23. The zero-order valence-electron chi connectivity index (χ0n) is 20.5. The van der Waals surface area contributed by atoms with Crippen molar-refractivity contribution in [3.05, 3.63) is 42.2 Å². The number of piperidine rings is 1. The normalized spacial score (nSPS) is 20.0. The molecule has 0 unspecified atom stereocenters. The number of hydrogen-bond donors (Lipinski definition) is 1. The van der Waals surface area contributed by atoms with Crippen LogP contribution in [0.5, 0.6) is 0 Å². The van der Waals surface area contributed by atoms with Crippen molar-refractivity contribution in [3.8, 4) is 11.4 Å². The smallest absolute Gasteiger partial charge is 0.256 e. The molecule has 2 aromatic heterocycles. The lowest BCUT2D eigenvalue weighted by Gasteiger charge is -2.41. The molecule has 2 atom stereocenters. The van der Waals surface area contributed by atoms with Crippen LogP contribution in [0.1, 0.15) is 49.4 Å². The minimum Gasteiger partial charge on any atom is -0.375 e. The first kappa shape index (κ1) is 23.5. The molecule has 0 bridgehead atoms. The van der Waals surface area contributed by atoms with Crippen LogP contribution in [-0.4, -0.2) is 58.1 Å². The minimum absolute atomic E-state index is 0.00852. The van der Waals surface area contributed by atoms with Crippen LogP contribution < -0.4 is 5.32 Å². The fourth-order valence-corrected chi connectivity index (χ4v) is 5.81. The summed E-state index contributed by atoms with van der Waals surface area (Å²) in [5.41, 5.74) is 3.49. The molecule has 0 radical (unpaired) electrons. The molecule has 5 rings (SSSR count). The Morgan fingerprint density at radius 3 is 2.74 bits per heavy atom. The Morgan fingerprint density at radius 1 is 1.17 bits per heavy atom. The van der Waals surface area contributed by atoms with E-state index in [2.05, 4.69) is 21.8 Å². The van der Waals surface area contributed by atoms with Gasteiger partial charge >= 0.3 is 0 Å². The number of aryl methyl sites for hydroxylation is 1. The van der Waals surface area contributed by atoms with Gasteiger partial charge in [0.15, 0.2) is 0 Å². The Bertz CT molecular complexity index is 1220. The second kappa shape index (κ2) is 10.2. The number of fused-ring (bicyclic) bond motifs is 2. The molecule has 1 N–H and O–H groups in total. The Balaban J connectivity index is 1.58. The first-order valence-corrected chi connectivity index (χ1v) is 12.6. The number of methoxy groups -OCH3 is 1. The topological polar surface area (TPSA) is 89.4 Å². The largest absolute Gasteiger partial charge is 0.375 e. The third kappa shape index (κ3) is 4.67. The van der Waals surface area contributed by atoms with E-state index in [9.17, 15) is 9.59 Å². The van der Waals surface area contributed by atoms with Crippen molar-refractivity contribution in [1.82, 2.24) is 19.4 Å². The second-order valence-electron chi connectivity index (χ2n) is 9.64. The van der Waals surface area contributed by atoms with Gasteiger partial charge in [-0.1, -0.05) is 19.3 Å². The molecule has 1 saturated heterocycles. The van der Waals surface area contributed by atoms with Crippen molar-refractivity contribution in [2.75, 3.05) is 32.1 Å². The maximum Gasteiger partial charge on any atom is 0.256 e. The summed E-state index contributed by atoms with van der Waals surface area (Å²) < 4.78 is 7.05. The number of nitrogens with one attached hydrogen (secondary N) is 1. The van der Waals surface area contributed by atoms with E-state index in [-0.39, 0.29) is 18.4 Å². The molecule has 1 saturated carbocycles. The fraction of sp³-hybridized carbons (Fsp3) is 0.481. The summed E-state index contributed by atoms with van der Waals surface area (Å²) in [5, 5.41) is 2.87. The van der Waals surface area contributed by atoms with Gasteiger partial charge in [0.25, 0.3) is 5.91 Å². The number of anilines is 1. The number of amides is 2. The second-order valence-corrected chi connectivity index (χ2v) is 9.64. The molecule has 3 aromatic rings. The molecule has 2 amide bonds. The lowest BCUT2D eigenvalue weighted by atomic mass is 9.75. The number of nitrogens with zero attached hydrogens (tertiary/aromatic N) is 4. The monoisotopic (exact) mass is 475 g/mol. The van der Waals surface area contributed by atoms with Crippen molar-refractivity contribution >= 4 is 28.5 Å². The van der Waals surface area contributed by atoms with E-state index in [1.807, 2.05) is 23.1 Å². The van der Waals surface area contributed by atoms with Crippen LogP contribution in [0.15, 0.2) is 36.7 Å². The lowest BCUT2D eigenvalue weighted by Crippen LogP contribution is -2.44. The number of rotatable bonds is 6. The number of ether oxygens (including phenoxy) is 1. The zero-order chi connectivity index (χ0) is 24.4. The molecule has 1 aromatic carbocycles. The van der Waals surface area contributed by atoms with Crippen molar-refractivity contribution in [2.24, 2.45) is 11.8 Å². The highest BCUT2D eigenvalue weighted by atomic mass is 16.5. The number of aromatic nitrogens is 3. The first-order valence-electron chi connectivity index (χ1n) is 12.6. The maximum absolute atomic E-state index is 14.0. The minimum atomic E-state index is -0.268. The fourth-order valence-electron chi connectivity index (χ4n) is 5.81. The number of likely N-dealkylation sites (tertiary alicyclic amines) is 1. The van der Waals surface area contributed by atoms with E-state index < -0.39 is 0 Å². The summed E-state index contributed by atoms with van der Waals surface area (Å²) >= 11 is 0. The molecule has 35 heavy (non-hydrogen) atoms. The number of carbonyl (C=O) groups excluding carboxylic acids is 2. The van der Waals surface area contributed by atoms with Gasteiger partial charge in [0, 0.05) is 50.4 Å². The van der Waals surface area contributed by atoms with Gasteiger partial charge in [-0.3, -0.25) is 14.6 Å². The van der Waals surface area contributed by atoms with Gasteiger partial charge in [0.2, 0.25) is 5.91 Å². The Labute approximate surface area is 205 Å². The highest BCUT2D eigenvalue weighted by Crippen LogP contribution is 2.37. The van der Waals surface area contributed by atoms with Gasteiger partial charge in [-0.2, -0.15) is 0 Å². The van der Waals surface area contributed by atoms with Crippen LogP contribution in [0.3, 0.4) is 0 Å². The van der Waals surface area contributed by atoms with E-state index >= 15 is 0 Å². The predicted octanol–water partition coefficient (Wildman–Crippen LogP) is 4.36. The van der Waals surface area contributed by atoms with Gasteiger partial charge in [-0.25, -0.2) is 4.98 Å². The molecule has 2 aliphatic rings. The summed E-state index contributed by atoms with van der Waals surface area (Å²) in [6.07, 6.45) is 9.64. The summed E-state index contributed by atoms with van der Waals surface area (Å²) in [6, 6.07) is 7.48. The Hall–Kier alpha value is -3.26. The highest BCUT2D eigenvalue weighted by molar-refractivity contribution is 6.08. The maximum atomic E-state index is 14.0. The SMILES string of the molecule is CCn1c(-c2cccnc2)nc2cc(NC(=O)COC)cc(C(=O)N3CC[C@@H]4CCCC[C@H]4C3)c21. The van der Waals surface area contributed by atoms with Crippen molar-refractivity contribution in [3.63, 3.8) is 0 Å². The van der Waals surface area contributed by atoms with Gasteiger partial charge < -0.3 is 19.5 Å². The zero-order valence-corrected chi connectivity index (χ0v) is 20.5. The Kier molecular flexibility index (Phi) is 6.81. The van der Waals surface area contributed by atoms with E-state index in [4.69, 9.17) is 9.72 Å². The molecule has 1 aliphatic carbocycles. The lowest BCUT2D eigenvalue weighted by molar-refractivity contribution is -0.119. The van der Waals surface area contributed by atoms with Crippen molar-refractivity contribution < 1.29 is 14.3 Å². The van der Waals surface area contributed by atoms with Crippen LogP contribution in [0.2, 0.25) is 0 Å². The molecule has 184 valence electrons. The molecule has 0 spiro atoms. The van der Waals surface area contributed by atoms with Crippen LogP contribution in [-0.2, 0) is 16.1 Å². The number of hydrogen-bond acceptors (Lipinski definition) is 5. The molecule has 2 fully saturated rings. The van der Waals surface area contributed by atoms with Gasteiger partial charge in [0.1, 0.15) is 12.4 Å². The van der Waals surface area contributed by atoms with E-state index in [0.29, 0.717) is 29.2 Å². The first-order chi connectivity index (χ1) is 17.1. The Morgan fingerprint density at radius 2 is 2.00 bits per heavy atom. The van der Waals surface area contributed by atoms with Crippen molar-refractivity contribution in [2.45, 2.75) is 45.6 Å². The third-order valence-corrected chi connectivity index (χ3v) is 7.45. The number of pyridine rings is 1. The van der Waals surface area contributed by atoms with Crippen molar-refractivity contribution in [1.29, 1.82) is 0 Å². The van der Waals surface area contributed by atoms with Gasteiger partial charge in [-0.05, 0) is 55.9 Å². The third-order valence-electron chi connectivity index (χ3n) is 7.45. The summed E-state index contributed by atoms with van der Waals surface area (Å²) in [4.78, 5) is 37.4. The quantitative estimate of drug-likeness (QED) is 0.572.